The molecule has 20 heavy (non-hydrogen) atoms. The molecule has 0 spiro atoms. The molecule has 1 fully saturated rings. The van der Waals surface area contributed by atoms with Gasteiger partial charge in [0.05, 0.1) is 5.01 Å². The number of aromatic nitrogens is 1. The fraction of sp³-hybridized carbons (Fsp3) is 0.824. The second-order valence-corrected chi connectivity index (χ2v) is 7.78. The predicted molar refractivity (Wildman–Crippen MR) is 88.3 cm³/mol. The van der Waals surface area contributed by atoms with Crippen molar-refractivity contribution in [3.8, 4) is 0 Å². The summed E-state index contributed by atoms with van der Waals surface area (Å²) in [6, 6.07) is 0.610. The van der Waals surface area contributed by atoms with Crippen LogP contribution in [0.15, 0.2) is 11.6 Å². The predicted octanol–water partition coefficient (Wildman–Crippen LogP) is 4.66. The molecule has 0 saturated heterocycles. The van der Waals surface area contributed by atoms with Crippen LogP contribution in [0.2, 0.25) is 0 Å². The van der Waals surface area contributed by atoms with Gasteiger partial charge < -0.3 is 5.32 Å². The Kier molecular flexibility index (Phi) is 6.03. The van der Waals surface area contributed by atoms with Gasteiger partial charge in [-0.15, -0.1) is 11.3 Å². The molecule has 3 heteroatoms. The average Bonchev–Trinajstić information content (AvgIpc) is 3.05. The first-order valence-electron chi connectivity index (χ1n) is 8.28. The number of nitrogens with zero attached hydrogens (tertiary/aromatic N) is 1. The molecule has 1 N–H and O–H groups in total. The van der Waals surface area contributed by atoms with Gasteiger partial charge in [0.15, 0.2) is 0 Å². The summed E-state index contributed by atoms with van der Waals surface area (Å²) >= 11 is 1.81. The monoisotopic (exact) mass is 294 g/mol. The van der Waals surface area contributed by atoms with E-state index >= 15 is 0 Å². The second kappa shape index (κ2) is 7.56. The molecule has 0 bridgehead atoms. The van der Waals surface area contributed by atoms with Gasteiger partial charge in [0.25, 0.3) is 0 Å². The van der Waals surface area contributed by atoms with Gasteiger partial charge in [0, 0.05) is 24.0 Å². The van der Waals surface area contributed by atoms with Crippen LogP contribution in [0.25, 0.3) is 0 Å². The Bertz CT molecular complexity index is 366. The van der Waals surface area contributed by atoms with Crippen molar-refractivity contribution in [2.24, 2.45) is 11.3 Å². The summed E-state index contributed by atoms with van der Waals surface area (Å²) in [6.07, 6.45) is 11.3. The molecule has 1 heterocycles. The number of thiazole rings is 1. The normalized spacial score (nSPS) is 19.6. The molecule has 1 aliphatic carbocycles. The Morgan fingerprint density at radius 1 is 1.35 bits per heavy atom. The first kappa shape index (κ1) is 16.0. The van der Waals surface area contributed by atoms with E-state index in [0.717, 1.165) is 18.9 Å². The maximum absolute atomic E-state index is 4.52. The molecule has 1 aromatic rings. The van der Waals surface area contributed by atoms with Crippen molar-refractivity contribution in [3.63, 3.8) is 0 Å². The summed E-state index contributed by atoms with van der Waals surface area (Å²) in [5, 5.41) is 7.27. The van der Waals surface area contributed by atoms with Gasteiger partial charge in [-0.2, -0.15) is 0 Å². The lowest BCUT2D eigenvalue weighted by Crippen LogP contribution is -2.46. The first-order valence-corrected chi connectivity index (χ1v) is 9.16. The summed E-state index contributed by atoms with van der Waals surface area (Å²) in [4.78, 5) is 4.52. The van der Waals surface area contributed by atoms with Crippen molar-refractivity contribution in [3.05, 3.63) is 16.6 Å². The molecule has 0 aliphatic heterocycles. The summed E-state index contributed by atoms with van der Waals surface area (Å²) in [5.41, 5.74) is 0.509. The van der Waals surface area contributed by atoms with E-state index in [4.69, 9.17) is 0 Å². The fourth-order valence-electron chi connectivity index (χ4n) is 3.94. The molecule has 0 radical (unpaired) electrons. The Morgan fingerprint density at radius 3 is 2.65 bits per heavy atom. The third-order valence-corrected chi connectivity index (χ3v) is 5.46. The molecule has 0 aromatic carbocycles. The second-order valence-electron chi connectivity index (χ2n) is 6.80. The highest BCUT2D eigenvalue weighted by Crippen LogP contribution is 2.46. The molecule has 1 saturated carbocycles. The van der Waals surface area contributed by atoms with Gasteiger partial charge in [-0.05, 0) is 43.6 Å². The van der Waals surface area contributed by atoms with Gasteiger partial charge in [0.1, 0.15) is 0 Å². The Balaban J connectivity index is 2.13. The topological polar surface area (TPSA) is 24.9 Å². The summed E-state index contributed by atoms with van der Waals surface area (Å²) in [7, 11) is 0. The summed E-state index contributed by atoms with van der Waals surface area (Å²) < 4.78 is 0. The lowest BCUT2D eigenvalue weighted by atomic mass is 9.71. The minimum atomic E-state index is 0.509. The van der Waals surface area contributed by atoms with Gasteiger partial charge >= 0.3 is 0 Å². The lowest BCUT2D eigenvalue weighted by molar-refractivity contribution is 0.154. The van der Waals surface area contributed by atoms with Crippen molar-refractivity contribution in [1.82, 2.24) is 10.3 Å². The van der Waals surface area contributed by atoms with E-state index in [-0.39, 0.29) is 0 Å². The minimum absolute atomic E-state index is 0.509. The highest BCUT2D eigenvalue weighted by Gasteiger charge is 2.41. The van der Waals surface area contributed by atoms with Crippen LogP contribution in [0.4, 0.5) is 0 Å². The average molecular weight is 295 g/mol. The minimum Gasteiger partial charge on any atom is -0.313 e. The molecule has 1 unspecified atom stereocenters. The van der Waals surface area contributed by atoms with E-state index in [9.17, 15) is 0 Å². The van der Waals surface area contributed by atoms with Crippen LogP contribution in [0, 0.1) is 11.3 Å². The highest BCUT2D eigenvalue weighted by atomic mass is 32.1. The largest absolute Gasteiger partial charge is 0.313 e. The zero-order chi connectivity index (χ0) is 14.4. The van der Waals surface area contributed by atoms with Crippen molar-refractivity contribution >= 4 is 11.3 Å². The van der Waals surface area contributed by atoms with E-state index in [2.05, 4.69) is 36.5 Å². The molecular weight excluding hydrogens is 264 g/mol. The van der Waals surface area contributed by atoms with Gasteiger partial charge in [0.2, 0.25) is 0 Å². The van der Waals surface area contributed by atoms with Crippen LogP contribution in [0.5, 0.6) is 0 Å². The Morgan fingerprint density at radius 2 is 2.10 bits per heavy atom. The summed E-state index contributed by atoms with van der Waals surface area (Å²) in [5.74, 6) is 0.787. The van der Waals surface area contributed by atoms with Gasteiger partial charge in [-0.25, -0.2) is 4.98 Å². The number of rotatable bonds is 8. The third kappa shape index (κ3) is 4.05. The van der Waals surface area contributed by atoms with E-state index < -0.39 is 0 Å². The van der Waals surface area contributed by atoms with E-state index in [1.807, 2.05) is 17.5 Å². The maximum Gasteiger partial charge on any atom is 0.0940 e. The van der Waals surface area contributed by atoms with Crippen molar-refractivity contribution in [2.75, 3.05) is 6.54 Å². The summed E-state index contributed by atoms with van der Waals surface area (Å²) in [6.45, 7) is 8.15. The smallest absolute Gasteiger partial charge is 0.0940 e. The lowest BCUT2D eigenvalue weighted by Gasteiger charge is -2.39. The van der Waals surface area contributed by atoms with Gasteiger partial charge in [-0.1, -0.05) is 33.6 Å². The molecule has 0 amide bonds. The Labute approximate surface area is 128 Å². The quantitative estimate of drug-likeness (QED) is 0.754. The zero-order valence-electron chi connectivity index (χ0n) is 13.3. The number of hydrogen-bond acceptors (Lipinski definition) is 3. The molecule has 1 aliphatic rings. The van der Waals surface area contributed by atoms with E-state index in [0.29, 0.717) is 11.5 Å². The SMILES string of the molecule is CCCNC(Cc1nccs1)C1(CC(C)C)CCCC1. The van der Waals surface area contributed by atoms with Crippen LogP contribution in [0.1, 0.15) is 64.3 Å². The fourth-order valence-corrected chi connectivity index (χ4v) is 4.60. The highest BCUT2D eigenvalue weighted by molar-refractivity contribution is 7.09. The van der Waals surface area contributed by atoms with E-state index in [1.54, 1.807) is 0 Å². The Hall–Kier alpha value is -0.410. The third-order valence-electron chi connectivity index (χ3n) is 4.66. The van der Waals surface area contributed by atoms with Crippen LogP contribution in [-0.2, 0) is 6.42 Å². The molecule has 114 valence electrons. The molecule has 2 nitrogen and oxygen atoms in total. The van der Waals surface area contributed by atoms with E-state index in [1.165, 1.54) is 43.5 Å². The van der Waals surface area contributed by atoms with Crippen LogP contribution in [0.3, 0.4) is 0 Å². The first-order chi connectivity index (χ1) is 9.66. The van der Waals surface area contributed by atoms with Crippen molar-refractivity contribution in [1.29, 1.82) is 0 Å². The van der Waals surface area contributed by atoms with Crippen molar-refractivity contribution in [2.45, 2.75) is 71.8 Å². The zero-order valence-corrected chi connectivity index (χ0v) is 14.1. The molecule has 2 rings (SSSR count). The van der Waals surface area contributed by atoms with Crippen molar-refractivity contribution < 1.29 is 0 Å². The van der Waals surface area contributed by atoms with Crippen LogP contribution < -0.4 is 5.32 Å². The van der Waals surface area contributed by atoms with Crippen LogP contribution >= 0.6 is 11.3 Å². The van der Waals surface area contributed by atoms with Gasteiger partial charge in [-0.3, -0.25) is 0 Å². The van der Waals surface area contributed by atoms with Crippen LogP contribution in [-0.4, -0.2) is 17.6 Å². The molecule has 1 atom stereocenters. The number of hydrogen-bond donors (Lipinski definition) is 1. The molecular formula is C17H30N2S. The maximum atomic E-state index is 4.52. The standard InChI is InChI=1S/C17H30N2S/c1-4-9-18-15(12-16-19-10-11-20-16)17(13-14(2)3)7-5-6-8-17/h10-11,14-15,18H,4-9,12-13H2,1-3H3. The molecule has 1 aromatic heterocycles. The number of nitrogens with one attached hydrogen (secondary N) is 1.